The number of hydrogen-bond acceptors (Lipinski definition) is 5. The van der Waals surface area contributed by atoms with E-state index in [9.17, 15) is 4.79 Å². The fourth-order valence-corrected chi connectivity index (χ4v) is 2.93. The Balaban J connectivity index is 1.65. The molecule has 0 atom stereocenters. The maximum atomic E-state index is 12.2. The van der Waals surface area contributed by atoms with Crippen LogP contribution in [0, 0.1) is 20.8 Å². The first-order chi connectivity index (χ1) is 12.5. The molecule has 0 radical (unpaired) electrons. The summed E-state index contributed by atoms with van der Waals surface area (Å²) in [5, 5.41) is 7.33. The smallest absolute Gasteiger partial charge is 0.252 e. The van der Waals surface area contributed by atoms with Crippen molar-refractivity contribution in [3.8, 4) is 0 Å². The molecule has 136 valence electrons. The highest BCUT2D eigenvalue weighted by Gasteiger charge is 2.14. The molecule has 7 nitrogen and oxygen atoms in total. The first-order valence-corrected chi connectivity index (χ1v) is 8.72. The van der Waals surface area contributed by atoms with E-state index >= 15 is 0 Å². The second-order valence-corrected chi connectivity index (χ2v) is 6.47. The van der Waals surface area contributed by atoms with E-state index in [1.54, 1.807) is 4.52 Å². The number of carbonyl (C=O) groups is 1. The van der Waals surface area contributed by atoms with Crippen molar-refractivity contribution in [1.82, 2.24) is 24.9 Å². The Labute approximate surface area is 152 Å². The van der Waals surface area contributed by atoms with E-state index in [-0.39, 0.29) is 12.5 Å². The van der Waals surface area contributed by atoms with Gasteiger partial charge >= 0.3 is 0 Å². The second kappa shape index (κ2) is 7.61. The monoisotopic (exact) mass is 352 g/mol. The van der Waals surface area contributed by atoms with Crippen molar-refractivity contribution in [2.75, 3.05) is 0 Å². The average Bonchev–Trinajstić information content (AvgIpc) is 3.04. The zero-order valence-corrected chi connectivity index (χ0v) is 15.4. The van der Waals surface area contributed by atoms with Crippen LogP contribution in [-0.4, -0.2) is 25.5 Å². The van der Waals surface area contributed by atoms with E-state index in [2.05, 4.69) is 20.4 Å². The van der Waals surface area contributed by atoms with Gasteiger partial charge in [-0.2, -0.15) is 4.98 Å². The van der Waals surface area contributed by atoms with Gasteiger partial charge in [-0.3, -0.25) is 4.79 Å². The Morgan fingerprint density at radius 3 is 2.58 bits per heavy atom. The summed E-state index contributed by atoms with van der Waals surface area (Å²) in [6.07, 6.45) is 1.01. The molecular formula is C19H24N6O. The van der Waals surface area contributed by atoms with Crippen LogP contribution < -0.4 is 11.1 Å². The summed E-state index contributed by atoms with van der Waals surface area (Å²) in [4.78, 5) is 21.0. The number of nitrogens with zero attached hydrogens (tertiary/aromatic N) is 4. The van der Waals surface area contributed by atoms with Gasteiger partial charge in [0.05, 0.1) is 6.54 Å². The third-order valence-corrected chi connectivity index (χ3v) is 4.49. The van der Waals surface area contributed by atoms with Crippen LogP contribution in [0.25, 0.3) is 5.78 Å². The number of carbonyl (C=O) groups excluding carboxylic acids is 1. The third kappa shape index (κ3) is 3.88. The zero-order valence-electron chi connectivity index (χ0n) is 15.4. The Bertz CT molecular complexity index is 929. The van der Waals surface area contributed by atoms with E-state index < -0.39 is 0 Å². The first-order valence-electron chi connectivity index (χ1n) is 8.72. The molecule has 0 unspecified atom stereocenters. The molecule has 26 heavy (non-hydrogen) atoms. The molecule has 0 saturated carbocycles. The van der Waals surface area contributed by atoms with Crippen LogP contribution in [0.5, 0.6) is 0 Å². The van der Waals surface area contributed by atoms with Crippen molar-refractivity contribution >= 4 is 11.7 Å². The van der Waals surface area contributed by atoms with Crippen LogP contribution in [0.2, 0.25) is 0 Å². The molecule has 3 rings (SSSR count). The van der Waals surface area contributed by atoms with Gasteiger partial charge in [0.1, 0.15) is 0 Å². The van der Waals surface area contributed by atoms with Gasteiger partial charge in [-0.25, -0.2) is 9.50 Å². The molecule has 0 aliphatic rings. The molecule has 1 amide bonds. The van der Waals surface area contributed by atoms with Crippen LogP contribution >= 0.6 is 0 Å². The zero-order chi connectivity index (χ0) is 18.7. The maximum absolute atomic E-state index is 12.2. The highest BCUT2D eigenvalue weighted by atomic mass is 16.1. The Kier molecular flexibility index (Phi) is 5.27. The number of fused-ring (bicyclic) bond motifs is 1. The summed E-state index contributed by atoms with van der Waals surface area (Å²) < 4.78 is 1.70. The Morgan fingerprint density at radius 2 is 1.88 bits per heavy atom. The summed E-state index contributed by atoms with van der Waals surface area (Å²) in [5.74, 6) is 1.13. The standard InChI is InChI=1S/C19H24N6O/c1-12-4-6-15(7-5-12)11-21-18(26)9-8-16-13(2)22-19-23-17(10-20)24-25(19)14(16)3/h4-7H,8-11,20H2,1-3H3,(H,21,26). The van der Waals surface area contributed by atoms with Crippen molar-refractivity contribution in [2.45, 2.75) is 46.7 Å². The first kappa shape index (κ1) is 18.0. The van der Waals surface area contributed by atoms with Crippen LogP contribution in [-0.2, 0) is 24.3 Å². The Hall–Kier alpha value is -2.80. The van der Waals surface area contributed by atoms with Gasteiger partial charge in [-0.1, -0.05) is 29.8 Å². The average molecular weight is 352 g/mol. The predicted octanol–water partition coefficient (Wildman–Crippen LogP) is 1.76. The number of hydrogen-bond donors (Lipinski definition) is 2. The SMILES string of the molecule is Cc1ccc(CNC(=O)CCc2c(C)nc3nc(CN)nn3c2C)cc1. The van der Waals surface area contributed by atoms with Gasteiger partial charge in [-0.15, -0.1) is 5.10 Å². The van der Waals surface area contributed by atoms with Gasteiger partial charge < -0.3 is 11.1 Å². The summed E-state index contributed by atoms with van der Waals surface area (Å²) in [6.45, 7) is 6.76. The van der Waals surface area contributed by atoms with Gasteiger partial charge in [-0.05, 0) is 38.3 Å². The highest BCUT2D eigenvalue weighted by molar-refractivity contribution is 5.76. The fraction of sp³-hybridized carbons (Fsp3) is 0.368. The molecule has 0 saturated heterocycles. The summed E-state index contributed by atoms with van der Waals surface area (Å²) in [6, 6.07) is 8.15. The lowest BCUT2D eigenvalue weighted by Gasteiger charge is -2.10. The van der Waals surface area contributed by atoms with Crippen molar-refractivity contribution in [1.29, 1.82) is 0 Å². The molecule has 0 fully saturated rings. The fourth-order valence-electron chi connectivity index (χ4n) is 2.93. The number of rotatable bonds is 6. The van der Waals surface area contributed by atoms with E-state index in [4.69, 9.17) is 5.73 Å². The highest BCUT2D eigenvalue weighted by Crippen LogP contribution is 2.15. The molecule has 1 aromatic carbocycles. The van der Waals surface area contributed by atoms with Crippen molar-refractivity contribution < 1.29 is 4.79 Å². The van der Waals surface area contributed by atoms with Crippen LogP contribution in [0.15, 0.2) is 24.3 Å². The molecule has 0 bridgehead atoms. The van der Waals surface area contributed by atoms with Gasteiger partial charge in [0.15, 0.2) is 5.82 Å². The van der Waals surface area contributed by atoms with E-state index in [0.717, 1.165) is 22.5 Å². The van der Waals surface area contributed by atoms with E-state index in [0.29, 0.717) is 31.0 Å². The molecule has 2 aromatic heterocycles. The molecule has 0 spiro atoms. The topological polar surface area (TPSA) is 98.2 Å². The minimum Gasteiger partial charge on any atom is -0.352 e. The van der Waals surface area contributed by atoms with Crippen molar-refractivity contribution in [3.05, 3.63) is 58.2 Å². The normalized spacial score (nSPS) is 11.1. The molecular weight excluding hydrogens is 328 g/mol. The van der Waals surface area contributed by atoms with E-state index in [1.807, 2.05) is 45.0 Å². The lowest BCUT2D eigenvalue weighted by molar-refractivity contribution is -0.121. The number of nitrogens with one attached hydrogen (secondary N) is 1. The molecule has 2 heterocycles. The quantitative estimate of drug-likeness (QED) is 0.704. The summed E-state index contributed by atoms with van der Waals surface area (Å²) in [7, 11) is 0. The summed E-state index contributed by atoms with van der Waals surface area (Å²) in [5.41, 5.74) is 10.8. The molecule has 3 N–H and O–H groups in total. The van der Waals surface area contributed by atoms with Gasteiger partial charge in [0, 0.05) is 24.4 Å². The molecule has 0 aliphatic heterocycles. The van der Waals surface area contributed by atoms with Crippen molar-refractivity contribution in [2.24, 2.45) is 5.73 Å². The van der Waals surface area contributed by atoms with Crippen molar-refractivity contribution in [3.63, 3.8) is 0 Å². The van der Waals surface area contributed by atoms with Gasteiger partial charge in [0.2, 0.25) is 5.91 Å². The minimum absolute atomic E-state index is 0.0192. The van der Waals surface area contributed by atoms with Crippen LogP contribution in [0.4, 0.5) is 0 Å². The number of amides is 1. The van der Waals surface area contributed by atoms with Crippen LogP contribution in [0.1, 0.15) is 40.3 Å². The largest absolute Gasteiger partial charge is 0.352 e. The van der Waals surface area contributed by atoms with E-state index in [1.165, 1.54) is 5.56 Å². The van der Waals surface area contributed by atoms with Gasteiger partial charge in [0.25, 0.3) is 5.78 Å². The molecule has 7 heteroatoms. The second-order valence-electron chi connectivity index (χ2n) is 6.47. The molecule has 3 aromatic rings. The summed E-state index contributed by atoms with van der Waals surface area (Å²) >= 11 is 0. The molecule has 0 aliphatic carbocycles. The third-order valence-electron chi connectivity index (χ3n) is 4.49. The minimum atomic E-state index is 0.0192. The number of benzene rings is 1. The lowest BCUT2D eigenvalue weighted by Crippen LogP contribution is -2.23. The number of nitrogens with two attached hydrogens (primary N) is 1. The maximum Gasteiger partial charge on any atom is 0.252 e. The Morgan fingerprint density at radius 1 is 1.15 bits per heavy atom. The predicted molar refractivity (Wildman–Crippen MR) is 99.5 cm³/mol. The lowest BCUT2D eigenvalue weighted by atomic mass is 10.1. The number of aryl methyl sites for hydroxylation is 3. The van der Waals surface area contributed by atoms with Crippen LogP contribution in [0.3, 0.4) is 0 Å². The number of aromatic nitrogens is 4.